The number of nitrogens with one attached hydrogen (secondary N) is 1. The lowest BCUT2D eigenvalue weighted by atomic mass is 10.0. The van der Waals surface area contributed by atoms with Gasteiger partial charge in [-0.25, -0.2) is 0 Å². The second-order valence-electron chi connectivity index (χ2n) is 4.15. The summed E-state index contributed by atoms with van der Waals surface area (Å²) in [6.45, 7) is 2.97. The van der Waals surface area contributed by atoms with Crippen molar-refractivity contribution in [2.45, 2.75) is 25.4 Å². The molecule has 94 valence electrons. The first kappa shape index (κ1) is 13.4. The third kappa shape index (κ3) is 5.44. The Kier molecular flexibility index (Phi) is 6.37. The van der Waals surface area contributed by atoms with Crippen molar-refractivity contribution >= 4 is 5.97 Å². The lowest BCUT2D eigenvalue weighted by molar-refractivity contribution is -0.142. The Bertz CT molecular complexity index is 204. The van der Waals surface area contributed by atoms with Gasteiger partial charge in [-0.1, -0.05) is 0 Å². The largest absolute Gasteiger partial charge is 0.469 e. The van der Waals surface area contributed by atoms with Gasteiger partial charge < -0.3 is 19.9 Å². The summed E-state index contributed by atoms with van der Waals surface area (Å²) in [5, 5.41) is 12.7. The molecule has 0 bridgehead atoms. The normalized spacial score (nSPS) is 19.4. The van der Waals surface area contributed by atoms with Gasteiger partial charge in [0.15, 0.2) is 0 Å². The Labute approximate surface area is 96.1 Å². The molecule has 5 heteroatoms. The van der Waals surface area contributed by atoms with E-state index in [-0.39, 0.29) is 12.4 Å². The van der Waals surface area contributed by atoms with Crippen LogP contribution in [0.25, 0.3) is 0 Å². The van der Waals surface area contributed by atoms with Crippen LogP contribution in [0.5, 0.6) is 0 Å². The molecule has 1 aliphatic heterocycles. The lowest BCUT2D eigenvalue weighted by Crippen LogP contribution is -2.34. The van der Waals surface area contributed by atoms with Crippen LogP contribution >= 0.6 is 0 Å². The van der Waals surface area contributed by atoms with Gasteiger partial charge in [0.2, 0.25) is 0 Å². The molecule has 1 rings (SSSR count). The minimum Gasteiger partial charge on any atom is -0.469 e. The maximum Gasteiger partial charge on any atom is 0.308 e. The predicted molar refractivity (Wildman–Crippen MR) is 59.1 cm³/mol. The Morgan fingerprint density at radius 1 is 1.56 bits per heavy atom. The molecule has 16 heavy (non-hydrogen) atoms. The first-order chi connectivity index (χ1) is 7.72. The molecule has 1 atom stereocenters. The number of carbonyl (C=O) groups is 1. The number of rotatable bonds is 6. The van der Waals surface area contributed by atoms with Crippen molar-refractivity contribution in [2.75, 3.05) is 33.4 Å². The molecule has 0 amide bonds. The maximum absolute atomic E-state index is 10.9. The zero-order valence-electron chi connectivity index (χ0n) is 9.78. The highest BCUT2D eigenvalue weighted by Crippen LogP contribution is 2.13. The number of carbonyl (C=O) groups excluding carboxylic acids is 1. The van der Waals surface area contributed by atoms with E-state index >= 15 is 0 Å². The van der Waals surface area contributed by atoms with E-state index in [0.717, 1.165) is 32.6 Å². The molecular formula is C11H21NO4. The van der Waals surface area contributed by atoms with Gasteiger partial charge in [0, 0.05) is 19.8 Å². The fourth-order valence-electron chi connectivity index (χ4n) is 1.75. The van der Waals surface area contributed by atoms with Crippen LogP contribution in [0.3, 0.4) is 0 Å². The number of aliphatic hydroxyl groups excluding tert-OH is 1. The summed E-state index contributed by atoms with van der Waals surface area (Å²) in [5.41, 5.74) is 0. The highest BCUT2D eigenvalue weighted by molar-refractivity contribution is 5.69. The topological polar surface area (TPSA) is 67.8 Å². The van der Waals surface area contributed by atoms with Gasteiger partial charge in [-0.15, -0.1) is 0 Å². The first-order valence-corrected chi connectivity index (χ1v) is 5.75. The standard InChI is InChI=1S/C11H21NO4/c1-15-11(14)6-10(13)8-12-7-9-2-4-16-5-3-9/h9-10,12-13H,2-8H2,1H3. The van der Waals surface area contributed by atoms with Gasteiger partial charge in [0.05, 0.1) is 19.6 Å². The zero-order chi connectivity index (χ0) is 11.8. The molecule has 0 spiro atoms. The average Bonchev–Trinajstić information content (AvgIpc) is 2.30. The molecule has 2 N–H and O–H groups in total. The fraction of sp³-hybridized carbons (Fsp3) is 0.909. The summed E-state index contributed by atoms with van der Waals surface area (Å²) in [5.74, 6) is 0.249. The number of esters is 1. The number of hydrogen-bond acceptors (Lipinski definition) is 5. The Hall–Kier alpha value is -0.650. The van der Waals surface area contributed by atoms with E-state index in [0.29, 0.717) is 12.5 Å². The molecule has 1 unspecified atom stereocenters. The van der Waals surface area contributed by atoms with Gasteiger partial charge >= 0.3 is 5.97 Å². The molecule has 1 fully saturated rings. The maximum atomic E-state index is 10.9. The smallest absolute Gasteiger partial charge is 0.308 e. The molecule has 5 nitrogen and oxygen atoms in total. The van der Waals surface area contributed by atoms with Crippen LogP contribution in [0.4, 0.5) is 0 Å². The van der Waals surface area contributed by atoms with E-state index in [2.05, 4.69) is 10.1 Å². The van der Waals surface area contributed by atoms with Gasteiger partial charge in [-0.05, 0) is 25.3 Å². The van der Waals surface area contributed by atoms with Crippen molar-refractivity contribution in [1.82, 2.24) is 5.32 Å². The van der Waals surface area contributed by atoms with Crippen molar-refractivity contribution in [2.24, 2.45) is 5.92 Å². The summed E-state index contributed by atoms with van der Waals surface area (Å²) in [6.07, 6.45) is 1.53. The van der Waals surface area contributed by atoms with Gasteiger partial charge in [-0.3, -0.25) is 4.79 Å². The quantitative estimate of drug-likeness (QED) is 0.626. The van der Waals surface area contributed by atoms with Crippen LogP contribution in [-0.2, 0) is 14.3 Å². The molecule has 0 saturated carbocycles. The molecule has 0 aromatic rings. The second kappa shape index (κ2) is 7.60. The predicted octanol–water partition coefficient (Wildman–Crippen LogP) is -0.0734. The van der Waals surface area contributed by atoms with Crippen molar-refractivity contribution in [1.29, 1.82) is 0 Å². The summed E-state index contributed by atoms with van der Waals surface area (Å²) in [4.78, 5) is 10.9. The lowest BCUT2D eigenvalue weighted by Gasteiger charge is -2.22. The van der Waals surface area contributed by atoms with Crippen LogP contribution < -0.4 is 5.32 Å². The Morgan fingerprint density at radius 2 is 2.25 bits per heavy atom. The first-order valence-electron chi connectivity index (χ1n) is 5.75. The monoisotopic (exact) mass is 231 g/mol. The Morgan fingerprint density at radius 3 is 2.88 bits per heavy atom. The minimum atomic E-state index is -0.660. The zero-order valence-corrected chi connectivity index (χ0v) is 9.78. The minimum absolute atomic E-state index is 0.0529. The average molecular weight is 231 g/mol. The molecular weight excluding hydrogens is 210 g/mol. The van der Waals surface area contributed by atoms with E-state index in [1.807, 2.05) is 0 Å². The van der Waals surface area contributed by atoms with Crippen LogP contribution in [0.15, 0.2) is 0 Å². The molecule has 0 radical (unpaired) electrons. The summed E-state index contributed by atoms with van der Waals surface area (Å²) >= 11 is 0. The molecule has 1 heterocycles. The Balaban J connectivity index is 2.03. The van der Waals surface area contributed by atoms with Crippen molar-refractivity contribution in [3.05, 3.63) is 0 Å². The fourth-order valence-corrected chi connectivity index (χ4v) is 1.75. The molecule has 0 aliphatic carbocycles. The SMILES string of the molecule is COC(=O)CC(O)CNCC1CCOCC1. The number of methoxy groups -OCH3 is 1. The third-order valence-electron chi connectivity index (χ3n) is 2.78. The van der Waals surface area contributed by atoms with Crippen molar-refractivity contribution < 1.29 is 19.4 Å². The summed E-state index contributed by atoms with van der Waals surface area (Å²) < 4.78 is 9.73. The summed E-state index contributed by atoms with van der Waals surface area (Å²) in [7, 11) is 1.32. The van der Waals surface area contributed by atoms with Crippen molar-refractivity contribution in [3.8, 4) is 0 Å². The van der Waals surface area contributed by atoms with E-state index in [9.17, 15) is 9.90 Å². The number of hydrogen-bond donors (Lipinski definition) is 2. The van der Waals surface area contributed by atoms with Gasteiger partial charge in [-0.2, -0.15) is 0 Å². The molecule has 0 aromatic carbocycles. The van der Waals surface area contributed by atoms with Crippen LogP contribution in [-0.4, -0.2) is 50.6 Å². The van der Waals surface area contributed by atoms with Crippen LogP contribution in [0.1, 0.15) is 19.3 Å². The second-order valence-corrected chi connectivity index (χ2v) is 4.15. The van der Waals surface area contributed by atoms with Gasteiger partial charge in [0.1, 0.15) is 0 Å². The van der Waals surface area contributed by atoms with Crippen molar-refractivity contribution in [3.63, 3.8) is 0 Å². The van der Waals surface area contributed by atoms with E-state index in [1.165, 1.54) is 7.11 Å². The highest BCUT2D eigenvalue weighted by Gasteiger charge is 2.15. The molecule has 0 aromatic heterocycles. The highest BCUT2D eigenvalue weighted by atomic mass is 16.5. The third-order valence-corrected chi connectivity index (χ3v) is 2.78. The van der Waals surface area contributed by atoms with Crippen LogP contribution in [0.2, 0.25) is 0 Å². The van der Waals surface area contributed by atoms with Crippen LogP contribution in [0, 0.1) is 5.92 Å². The molecule has 1 saturated heterocycles. The number of ether oxygens (including phenoxy) is 2. The van der Waals surface area contributed by atoms with E-state index < -0.39 is 6.10 Å². The molecule has 1 aliphatic rings. The summed E-state index contributed by atoms with van der Waals surface area (Å²) in [6, 6.07) is 0. The van der Waals surface area contributed by atoms with Gasteiger partial charge in [0.25, 0.3) is 0 Å². The van der Waals surface area contributed by atoms with E-state index in [1.54, 1.807) is 0 Å². The van der Waals surface area contributed by atoms with E-state index in [4.69, 9.17) is 4.74 Å². The number of aliphatic hydroxyl groups is 1.